The number of ether oxygens (including phenoxy) is 2. The minimum Gasteiger partial charge on any atom is -0.494 e. The standard InChI is InChI=1S/C21H23NO4S/c1-5-25-15-9-7-14-8-10-18(26-6-2)17(16(14)11-15)12-19-20(23)22(13(3)4)21(24)27-19/h7-13H,5-6H2,1-4H3/b19-12-. The molecule has 2 aromatic carbocycles. The largest absolute Gasteiger partial charge is 0.494 e. The fraction of sp³-hybridized carbons (Fsp3) is 0.333. The summed E-state index contributed by atoms with van der Waals surface area (Å²) in [6, 6.07) is 9.54. The molecule has 2 amide bonds. The number of amides is 2. The maximum atomic E-state index is 12.7. The van der Waals surface area contributed by atoms with Crippen molar-refractivity contribution in [2.24, 2.45) is 0 Å². The summed E-state index contributed by atoms with van der Waals surface area (Å²) in [6.45, 7) is 8.58. The van der Waals surface area contributed by atoms with Crippen LogP contribution in [-0.4, -0.2) is 35.3 Å². The molecule has 1 saturated heterocycles. The van der Waals surface area contributed by atoms with E-state index < -0.39 is 0 Å². The first-order valence-electron chi connectivity index (χ1n) is 9.05. The molecule has 3 rings (SSSR count). The second-order valence-electron chi connectivity index (χ2n) is 6.37. The van der Waals surface area contributed by atoms with Crippen molar-refractivity contribution >= 4 is 39.8 Å². The molecule has 142 valence electrons. The summed E-state index contributed by atoms with van der Waals surface area (Å²) in [6.07, 6.45) is 1.76. The third-order valence-corrected chi connectivity index (χ3v) is 5.10. The first-order chi connectivity index (χ1) is 13.0. The van der Waals surface area contributed by atoms with Gasteiger partial charge in [0, 0.05) is 11.6 Å². The lowest BCUT2D eigenvalue weighted by Crippen LogP contribution is -2.34. The van der Waals surface area contributed by atoms with Gasteiger partial charge < -0.3 is 9.47 Å². The Morgan fingerprint density at radius 2 is 1.78 bits per heavy atom. The Bertz CT molecular complexity index is 915. The van der Waals surface area contributed by atoms with Crippen LogP contribution in [0.3, 0.4) is 0 Å². The van der Waals surface area contributed by atoms with Gasteiger partial charge in [-0.2, -0.15) is 0 Å². The molecule has 1 aliphatic rings. The highest BCUT2D eigenvalue weighted by atomic mass is 32.2. The summed E-state index contributed by atoms with van der Waals surface area (Å²) >= 11 is 0.966. The molecule has 0 bridgehead atoms. The molecule has 5 nitrogen and oxygen atoms in total. The number of rotatable bonds is 6. The molecule has 2 aromatic rings. The number of benzene rings is 2. The minimum atomic E-state index is -0.264. The molecule has 0 aliphatic carbocycles. The molecule has 0 atom stereocenters. The minimum absolute atomic E-state index is 0.174. The summed E-state index contributed by atoms with van der Waals surface area (Å²) < 4.78 is 11.4. The Kier molecular flexibility index (Phi) is 5.75. The lowest BCUT2D eigenvalue weighted by atomic mass is 10.0. The van der Waals surface area contributed by atoms with E-state index in [0.29, 0.717) is 23.9 Å². The molecule has 0 radical (unpaired) electrons. The zero-order chi connectivity index (χ0) is 19.6. The third kappa shape index (κ3) is 3.81. The lowest BCUT2D eigenvalue weighted by molar-refractivity contribution is -0.123. The van der Waals surface area contributed by atoms with Crippen LogP contribution < -0.4 is 9.47 Å². The van der Waals surface area contributed by atoms with E-state index in [9.17, 15) is 9.59 Å². The number of carbonyl (C=O) groups excluding carboxylic acids is 2. The van der Waals surface area contributed by atoms with Gasteiger partial charge in [0.15, 0.2) is 0 Å². The lowest BCUT2D eigenvalue weighted by Gasteiger charge is -2.16. The summed E-state index contributed by atoms with van der Waals surface area (Å²) in [5.41, 5.74) is 0.783. The zero-order valence-electron chi connectivity index (χ0n) is 15.9. The van der Waals surface area contributed by atoms with Crippen LogP contribution in [0.25, 0.3) is 16.8 Å². The number of nitrogens with zero attached hydrogens (tertiary/aromatic N) is 1. The predicted molar refractivity (Wildman–Crippen MR) is 109 cm³/mol. The summed E-state index contributed by atoms with van der Waals surface area (Å²) in [4.78, 5) is 26.6. The first kappa shape index (κ1) is 19.3. The van der Waals surface area contributed by atoms with Gasteiger partial charge in [-0.05, 0) is 74.5 Å². The highest BCUT2D eigenvalue weighted by molar-refractivity contribution is 8.18. The SMILES string of the molecule is CCOc1ccc2ccc(OCC)c(/C=C3\SC(=O)N(C(C)C)C3=O)c2c1. The molecule has 0 aromatic heterocycles. The Morgan fingerprint density at radius 1 is 1.07 bits per heavy atom. The number of imide groups is 1. The second kappa shape index (κ2) is 8.05. The van der Waals surface area contributed by atoms with E-state index in [0.717, 1.165) is 33.8 Å². The molecule has 1 aliphatic heterocycles. The smallest absolute Gasteiger partial charge is 0.293 e. The molecule has 1 fully saturated rings. The van der Waals surface area contributed by atoms with E-state index in [2.05, 4.69) is 0 Å². The Balaban J connectivity index is 2.16. The normalized spacial score (nSPS) is 16.0. The van der Waals surface area contributed by atoms with E-state index in [1.165, 1.54) is 4.90 Å². The van der Waals surface area contributed by atoms with Crippen molar-refractivity contribution in [3.8, 4) is 11.5 Å². The van der Waals surface area contributed by atoms with E-state index in [-0.39, 0.29) is 17.2 Å². The predicted octanol–water partition coefficient (Wildman–Crippen LogP) is 5.08. The average Bonchev–Trinajstić information content (AvgIpc) is 2.91. The number of thioether (sulfide) groups is 1. The van der Waals surface area contributed by atoms with Gasteiger partial charge in [-0.1, -0.05) is 12.1 Å². The second-order valence-corrected chi connectivity index (χ2v) is 7.36. The van der Waals surface area contributed by atoms with Crippen molar-refractivity contribution in [3.05, 3.63) is 40.8 Å². The molecule has 0 saturated carbocycles. The maximum Gasteiger partial charge on any atom is 0.293 e. The van der Waals surface area contributed by atoms with Crippen LogP contribution in [0.4, 0.5) is 4.79 Å². The molecule has 0 spiro atoms. The number of hydrogen-bond donors (Lipinski definition) is 0. The number of fused-ring (bicyclic) bond motifs is 1. The van der Waals surface area contributed by atoms with Gasteiger partial charge >= 0.3 is 0 Å². The quantitative estimate of drug-likeness (QED) is 0.649. The van der Waals surface area contributed by atoms with E-state index >= 15 is 0 Å². The van der Waals surface area contributed by atoms with Crippen molar-refractivity contribution in [1.82, 2.24) is 4.90 Å². The molecule has 27 heavy (non-hydrogen) atoms. The zero-order valence-corrected chi connectivity index (χ0v) is 16.8. The summed E-state index contributed by atoms with van der Waals surface area (Å²) in [7, 11) is 0. The summed E-state index contributed by atoms with van der Waals surface area (Å²) in [5.74, 6) is 1.17. The van der Waals surface area contributed by atoms with Gasteiger partial charge in [-0.25, -0.2) is 0 Å². The average molecular weight is 385 g/mol. The van der Waals surface area contributed by atoms with Crippen LogP contribution in [0.5, 0.6) is 11.5 Å². The first-order valence-corrected chi connectivity index (χ1v) is 9.87. The molecule has 6 heteroatoms. The van der Waals surface area contributed by atoms with Crippen molar-refractivity contribution in [2.75, 3.05) is 13.2 Å². The Hall–Kier alpha value is -2.47. The van der Waals surface area contributed by atoms with Crippen molar-refractivity contribution in [2.45, 2.75) is 33.7 Å². The molecule has 1 heterocycles. The number of hydrogen-bond acceptors (Lipinski definition) is 5. The van der Waals surface area contributed by atoms with Crippen LogP contribution in [0, 0.1) is 0 Å². The fourth-order valence-electron chi connectivity index (χ4n) is 3.04. The van der Waals surface area contributed by atoms with Crippen LogP contribution in [-0.2, 0) is 4.79 Å². The van der Waals surface area contributed by atoms with Crippen LogP contribution in [0.15, 0.2) is 35.2 Å². The van der Waals surface area contributed by atoms with Crippen molar-refractivity contribution in [1.29, 1.82) is 0 Å². The van der Waals surface area contributed by atoms with Gasteiger partial charge in [0.2, 0.25) is 0 Å². The molecular weight excluding hydrogens is 362 g/mol. The Labute approximate surface area is 163 Å². The van der Waals surface area contributed by atoms with E-state index in [1.807, 2.05) is 58.0 Å². The molecule has 0 unspecified atom stereocenters. The fourth-order valence-corrected chi connectivity index (χ4v) is 3.99. The highest BCUT2D eigenvalue weighted by Gasteiger charge is 2.36. The summed E-state index contributed by atoms with van der Waals surface area (Å²) in [5, 5.41) is 1.69. The topological polar surface area (TPSA) is 55.8 Å². The van der Waals surface area contributed by atoms with Gasteiger partial charge in [-0.15, -0.1) is 0 Å². The third-order valence-electron chi connectivity index (χ3n) is 4.22. The van der Waals surface area contributed by atoms with Crippen LogP contribution in [0.1, 0.15) is 33.3 Å². The van der Waals surface area contributed by atoms with Gasteiger partial charge in [0.25, 0.3) is 11.1 Å². The number of carbonyl (C=O) groups is 2. The molecule has 0 N–H and O–H groups in total. The van der Waals surface area contributed by atoms with Gasteiger partial charge in [-0.3, -0.25) is 14.5 Å². The highest BCUT2D eigenvalue weighted by Crippen LogP contribution is 2.38. The Morgan fingerprint density at radius 3 is 2.41 bits per heavy atom. The monoisotopic (exact) mass is 385 g/mol. The van der Waals surface area contributed by atoms with Crippen molar-refractivity contribution < 1.29 is 19.1 Å². The van der Waals surface area contributed by atoms with E-state index in [1.54, 1.807) is 6.08 Å². The van der Waals surface area contributed by atoms with Crippen LogP contribution in [0.2, 0.25) is 0 Å². The van der Waals surface area contributed by atoms with Gasteiger partial charge in [0.05, 0.1) is 18.1 Å². The maximum absolute atomic E-state index is 12.7. The van der Waals surface area contributed by atoms with Gasteiger partial charge in [0.1, 0.15) is 11.5 Å². The molecular formula is C21H23NO4S. The van der Waals surface area contributed by atoms with Crippen molar-refractivity contribution in [3.63, 3.8) is 0 Å². The van der Waals surface area contributed by atoms with E-state index in [4.69, 9.17) is 9.47 Å². The van der Waals surface area contributed by atoms with Crippen LogP contribution >= 0.6 is 11.8 Å².